The van der Waals surface area contributed by atoms with E-state index in [4.69, 9.17) is 0 Å². The van der Waals surface area contributed by atoms with E-state index in [9.17, 15) is 9.00 Å². The molecule has 0 aliphatic carbocycles. The molecule has 1 aromatic carbocycles. The summed E-state index contributed by atoms with van der Waals surface area (Å²) < 4.78 is 17.2. The molecule has 5 heteroatoms. The molecule has 0 radical (unpaired) electrons. The van der Waals surface area contributed by atoms with Crippen molar-refractivity contribution in [3.63, 3.8) is 0 Å². The van der Waals surface area contributed by atoms with Gasteiger partial charge in [-0.25, -0.2) is 0 Å². The highest BCUT2D eigenvalue weighted by Crippen LogP contribution is 2.15. The molecule has 3 nitrogen and oxygen atoms in total. The molecule has 1 atom stereocenters. The van der Waals surface area contributed by atoms with E-state index in [0.717, 1.165) is 9.37 Å². The van der Waals surface area contributed by atoms with Crippen molar-refractivity contribution in [2.24, 2.45) is 0 Å². The summed E-state index contributed by atoms with van der Waals surface area (Å²) in [5.41, 5.74) is 0. The Morgan fingerprint density at radius 2 is 2.25 bits per heavy atom. The summed E-state index contributed by atoms with van der Waals surface area (Å²) in [5, 5.41) is 0. The van der Waals surface area contributed by atoms with Crippen LogP contribution in [0.4, 0.5) is 0 Å². The fourth-order valence-electron chi connectivity index (χ4n) is 1.18. The third-order valence-corrected chi connectivity index (χ3v) is 3.93. The zero-order valence-electron chi connectivity index (χ0n) is 8.94. The monoisotopic (exact) mass is 304 g/mol. The molecule has 0 amide bonds. The van der Waals surface area contributed by atoms with Crippen LogP contribution in [0.1, 0.15) is 12.8 Å². The summed E-state index contributed by atoms with van der Waals surface area (Å²) in [6, 6.07) is 7.38. The number of methoxy groups -OCH3 is 1. The fraction of sp³-hybridized carbons (Fsp3) is 0.364. The largest absolute Gasteiger partial charge is 0.469 e. The van der Waals surface area contributed by atoms with Crippen LogP contribution in [-0.2, 0) is 20.3 Å². The molecular formula is C11H13BrO3S. The van der Waals surface area contributed by atoms with Crippen LogP contribution in [0.25, 0.3) is 0 Å². The summed E-state index contributed by atoms with van der Waals surface area (Å²) in [7, 11) is 0.305. The van der Waals surface area contributed by atoms with Crippen molar-refractivity contribution in [2.75, 3.05) is 12.9 Å². The molecule has 0 N–H and O–H groups in total. The zero-order chi connectivity index (χ0) is 12.0. The Morgan fingerprint density at radius 1 is 1.50 bits per heavy atom. The number of carbonyl (C=O) groups excluding carboxylic acids is 1. The summed E-state index contributed by atoms with van der Waals surface area (Å²) in [4.78, 5) is 11.6. The van der Waals surface area contributed by atoms with Crippen LogP contribution in [0.2, 0.25) is 0 Å². The summed E-state index contributed by atoms with van der Waals surface area (Å²) in [5.74, 6) is 0.220. The van der Waals surface area contributed by atoms with Crippen LogP contribution >= 0.6 is 15.9 Å². The lowest BCUT2D eigenvalue weighted by atomic mass is 10.3. The lowest BCUT2D eigenvalue weighted by Crippen LogP contribution is -2.04. The number of benzene rings is 1. The van der Waals surface area contributed by atoms with Crippen molar-refractivity contribution >= 4 is 32.7 Å². The molecule has 0 fully saturated rings. The predicted octanol–water partition coefficient (Wildman–Crippen LogP) is 2.51. The average Bonchev–Trinajstić information content (AvgIpc) is 2.28. The van der Waals surface area contributed by atoms with Crippen molar-refractivity contribution in [2.45, 2.75) is 17.7 Å². The lowest BCUT2D eigenvalue weighted by molar-refractivity contribution is -0.140. The Hall–Kier alpha value is -0.680. The van der Waals surface area contributed by atoms with E-state index >= 15 is 0 Å². The summed E-state index contributed by atoms with van der Waals surface area (Å²) >= 11 is 3.32. The average molecular weight is 305 g/mol. The Balaban J connectivity index is 2.44. The maximum atomic E-state index is 11.8. The normalized spacial score (nSPS) is 12.1. The van der Waals surface area contributed by atoms with E-state index < -0.39 is 10.8 Å². The molecular weight excluding hydrogens is 292 g/mol. The first-order valence-electron chi connectivity index (χ1n) is 4.84. The van der Waals surface area contributed by atoms with Crippen molar-refractivity contribution < 1.29 is 13.7 Å². The Kier molecular flexibility index (Phi) is 5.69. The number of carbonyl (C=O) groups is 1. The van der Waals surface area contributed by atoms with Gasteiger partial charge in [0, 0.05) is 21.5 Å². The molecule has 1 rings (SSSR count). The van der Waals surface area contributed by atoms with Gasteiger partial charge in [-0.15, -0.1) is 0 Å². The summed E-state index contributed by atoms with van der Waals surface area (Å²) in [6.45, 7) is 0. The molecule has 0 heterocycles. The van der Waals surface area contributed by atoms with Crippen LogP contribution in [-0.4, -0.2) is 23.0 Å². The maximum absolute atomic E-state index is 11.8. The van der Waals surface area contributed by atoms with Crippen molar-refractivity contribution in [1.82, 2.24) is 0 Å². The highest BCUT2D eigenvalue weighted by Gasteiger charge is 2.06. The van der Waals surface area contributed by atoms with Crippen molar-refractivity contribution in [1.29, 1.82) is 0 Å². The quantitative estimate of drug-likeness (QED) is 0.785. The van der Waals surface area contributed by atoms with E-state index in [1.807, 2.05) is 24.3 Å². The van der Waals surface area contributed by atoms with Gasteiger partial charge in [-0.2, -0.15) is 0 Å². The molecule has 0 bridgehead atoms. The second-order valence-electron chi connectivity index (χ2n) is 3.19. The summed E-state index contributed by atoms with van der Waals surface area (Å²) in [6.07, 6.45) is 0.891. The van der Waals surface area contributed by atoms with Crippen LogP contribution in [0.5, 0.6) is 0 Å². The molecule has 88 valence electrons. The Labute approximate surface area is 106 Å². The molecule has 16 heavy (non-hydrogen) atoms. The minimum absolute atomic E-state index is 0.258. The highest BCUT2D eigenvalue weighted by molar-refractivity contribution is 9.10. The molecule has 0 saturated heterocycles. The zero-order valence-corrected chi connectivity index (χ0v) is 11.3. The second kappa shape index (κ2) is 6.81. The van der Waals surface area contributed by atoms with Gasteiger partial charge in [-0.1, -0.05) is 22.0 Å². The molecule has 0 aromatic heterocycles. The third-order valence-electron chi connectivity index (χ3n) is 2.00. The maximum Gasteiger partial charge on any atom is 0.305 e. The number of halogens is 1. The fourth-order valence-corrected chi connectivity index (χ4v) is 2.86. The van der Waals surface area contributed by atoms with Crippen molar-refractivity contribution in [3.05, 3.63) is 28.7 Å². The SMILES string of the molecule is COC(=O)CCCS(=O)c1cccc(Br)c1. The smallest absolute Gasteiger partial charge is 0.305 e. The minimum Gasteiger partial charge on any atom is -0.469 e. The van der Waals surface area contributed by atoms with Gasteiger partial charge >= 0.3 is 5.97 Å². The van der Waals surface area contributed by atoms with Gasteiger partial charge in [0.05, 0.1) is 17.9 Å². The molecule has 0 aliphatic rings. The van der Waals surface area contributed by atoms with Gasteiger partial charge in [0.15, 0.2) is 0 Å². The predicted molar refractivity (Wildman–Crippen MR) is 66.7 cm³/mol. The molecule has 0 spiro atoms. The number of hydrogen-bond donors (Lipinski definition) is 0. The number of hydrogen-bond acceptors (Lipinski definition) is 3. The van der Waals surface area contributed by atoms with Gasteiger partial charge in [-0.3, -0.25) is 9.00 Å². The highest BCUT2D eigenvalue weighted by atomic mass is 79.9. The Bertz CT molecular complexity index is 393. The molecule has 1 unspecified atom stereocenters. The number of esters is 1. The van der Waals surface area contributed by atoms with Crippen LogP contribution in [0, 0.1) is 0 Å². The Morgan fingerprint density at radius 3 is 2.88 bits per heavy atom. The minimum atomic E-state index is -1.05. The van der Waals surface area contributed by atoms with E-state index in [1.165, 1.54) is 7.11 Å². The molecule has 0 aliphatic heterocycles. The van der Waals surface area contributed by atoms with E-state index in [1.54, 1.807) is 0 Å². The van der Waals surface area contributed by atoms with Gasteiger partial charge < -0.3 is 4.74 Å². The standard InChI is InChI=1S/C11H13BrO3S/c1-15-11(13)6-3-7-16(14)10-5-2-4-9(12)8-10/h2,4-5,8H,3,6-7H2,1H3. The van der Waals surface area contributed by atoms with Gasteiger partial charge in [0.2, 0.25) is 0 Å². The van der Waals surface area contributed by atoms with Gasteiger partial charge in [0.25, 0.3) is 0 Å². The topological polar surface area (TPSA) is 43.4 Å². The van der Waals surface area contributed by atoms with Crippen LogP contribution in [0.3, 0.4) is 0 Å². The third kappa shape index (κ3) is 4.45. The molecule has 0 saturated carbocycles. The van der Waals surface area contributed by atoms with Crippen LogP contribution < -0.4 is 0 Å². The number of ether oxygens (including phenoxy) is 1. The van der Waals surface area contributed by atoms with Crippen molar-refractivity contribution in [3.8, 4) is 0 Å². The molecule has 1 aromatic rings. The van der Waals surface area contributed by atoms with E-state index in [2.05, 4.69) is 20.7 Å². The van der Waals surface area contributed by atoms with Gasteiger partial charge in [0.1, 0.15) is 0 Å². The lowest BCUT2D eigenvalue weighted by Gasteiger charge is -2.02. The first-order valence-corrected chi connectivity index (χ1v) is 6.95. The first kappa shape index (κ1) is 13.4. The van der Waals surface area contributed by atoms with E-state index in [0.29, 0.717) is 18.6 Å². The van der Waals surface area contributed by atoms with E-state index in [-0.39, 0.29) is 5.97 Å². The number of rotatable bonds is 5. The first-order chi connectivity index (χ1) is 7.63. The second-order valence-corrected chi connectivity index (χ2v) is 5.67. The van der Waals surface area contributed by atoms with Crippen LogP contribution in [0.15, 0.2) is 33.6 Å². The van der Waals surface area contributed by atoms with Gasteiger partial charge in [-0.05, 0) is 24.6 Å².